The van der Waals surface area contributed by atoms with Crippen molar-refractivity contribution in [2.45, 2.75) is 52.4 Å². The molecule has 0 aliphatic heterocycles. The van der Waals surface area contributed by atoms with Gasteiger partial charge in [0.1, 0.15) is 0 Å². The smallest absolute Gasteiger partial charge is 0.201 e. The lowest BCUT2D eigenvalue weighted by Crippen LogP contribution is -2.02. The molecule has 2 aromatic heterocycles. The topological polar surface area (TPSA) is 47.9 Å². The summed E-state index contributed by atoms with van der Waals surface area (Å²) < 4.78 is 34.5. The fourth-order valence-corrected chi connectivity index (χ4v) is 3.15. The van der Waals surface area contributed by atoms with Crippen LogP contribution in [0, 0.1) is 18.6 Å². The molecule has 3 aromatic rings. The van der Waals surface area contributed by atoms with Gasteiger partial charge in [-0.1, -0.05) is 39.0 Å². The molecule has 3 rings (SSSR count). The third kappa shape index (κ3) is 5.59. The number of pyridine rings is 1. The predicted octanol–water partition coefficient (Wildman–Crippen LogP) is 6.53. The van der Waals surface area contributed by atoms with Gasteiger partial charge in [-0.15, -0.1) is 0 Å². The maximum atomic E-state index is 14.6. The quantitative estimate of drug-likeness (QED) is 0.356. The highest BCUT2D eigenvalue weighted by molar-refractivity contribution is 5.65. The fraction of sp³-hybridized carbons (Fsp3) is 0.375. The van der Waals surface area contributed by atoms with Gasteiger partial charge in [-0.25, -0.2) is 14.4 Å². The number of benzene rings is 1. The Labute approximate surface area is 176 Å². The van der Waals surface area contributed by atoms with Crippen LogP contribution in [0.4, 0.5) is 8.78 Å². The molecule has 0 spiro atoms. The lowest BCUT2D eigenvalue weighted by atomic mass is 10.1. The Balaban J connectivity index is 1.64. The Bertz CT molecular complexity index is 944. The van der Waals surface area contributed by atoms with Gasteiger partial charge in [0.05, 0.1) is 6.61 Å². The molecule has 0 amide bonds. The van der Waals surface area contributed by atoms with Gasteiger partial charge >= 0.3 is 0 Å². The van der Waals surface area contributed by atoms with E-state index >= 15 is 0 Å². The predicted molar refractivity (Wildman–Crippen MR) is 114 cm³/mol. The van der Waals surface area contributed by atoms with Crippen LogP contribution >= 0.6 is 0 Å². The summed E-state index contributed by atoms with van der Waals surface area (Å²) in [4.78, 5) is 12.8. The van der Waals surface area contributed by atoms with Crippen molar-refractivity contribution in [1.82, 2.24) is 15.0 Å². The first-order valence-corrected chi connectivity index (χ1v) is 10.5. The maximum Gasteiger partial charge on any atom is 0.201 e. The lowest BCUT2D eigenvalue weighted by molar-refractivity contribution is 0.285. The summed E-state index contributed by atoms with van der Waals surface area (Å²) in [6.07, 6.45) is 11.3. The van der Waals surface area contributed by atoms with Crippen molar-refractivity contribution in [1.29, 1.82) is 0 Å². The van der Waals surface area contributed by atoms with Gasteiger partial charge in [-0.05, 0) is 37.6 Å². The number of nitrogens with zero attached hydrogens (tertiary/aromatic N) is 3. The van der Waals surface area contributed by atoms with Crippen LogP contribution in [-0.4, -0.2) is 21.6 Å². The zero-order chi connectivity index (χ0) is 21.3. The van der Waals surface area contributed by atoms with Gasteiger partial charge in [-0.2, -0.15) is 4.39 Å². The first kappa shape index (κ1) is 21.8. The van der Waals surface area contributed by atoms with Crippen molar-refractivity contribution in [2.24, 2.45) is 0 Å². The van der Waals surface area contributed by atoms with Crippen molar-refractivity contribution in [3.63, 3.8) is 0 Å². The number of rotatable bonds is 10. The van der Waals surface area contributed by atoms with Gasteiger partial charge in [0.25, 0.3) is 0 Å². The number of unbranched alkanes of at least 4 members (excludes halogenated alkanes) is 5. The molecule has 1 aromatic carbocycles. The van der Waals surface area contributed by atoms with Gasteiger partial charge in [0.15, 0.2) is 17.4 Å². The highest BCUT2D eigenvalue weighted by Gasteiger charge is 2.16. The van der Waals surface area contributed by atoms with Crippen molar-refractivity contribution < 1.29 is 13.5 Å². The molecule has 0 N–H and O–H groups in total. The van der Waals surface area contributed by atoms with Crippen LogP contribution in [0.25, 0.3) is 22.5 Å². The minimum Gasteiger partial charge on any atom is -0.490 e. The van der Waals surface area contributed by atoms with E-state index in [-0.39, 0.29) is 11.3 Å². The van der Waals surface area contributed by atoms with E-state index in [0.717, 1.165) is 30.5 Å². The monoisotopic (exact) mass is 411 g/mol. The average molecular weight is 411 g/mol. The Morgan fingerprint density at radius 1 is 0.767 bits per heavy atom. The van der Waals surface area contributed by atoms with Crippen molar-refractivity contribution >= 4 is 0 Å². The summed E-state index contributed by atoms with van der Waals surface area (Å²) in [6, 6.07) is 6.70. The molecule has 0 aliphatic rings. The minimum atomic E-state index is -0.981. The summed E-state index contributed by atoms with van der Waals surface area (Å²) in [6.45, 7) is 4.45. The molecule has 0 saturated carbocycles. The Kier molecular flexibility index (Phi) is 7.82. The third-order valence-electron chi connectivity index (χ3n) is 4.93. The molecule has 0 aliphatic carbocycles. The number of aryl methyl sites for hydroxylation is 1. The maximum absolute atomic E-state index is 14.6. The van der Waals surface area contributed by atoms with Gasteiger partial charge in [0.2, 0.25) is 5.82 Å². The van der Waals surface area contributed by atoms with E-state index in [9.17, 15) is 8.78 Å². The number of hydrogen-bond donors (Lipinski definition) is 0. The molecule has 2 heterocycles. The largest absolute Gasteiger partial charge is 0.490 e. The van der Waals surface area contributed by atoms with Crippen LogP contribution in [0.3, 0.4) is 0 Å². The van der Waals surface area contributed by atoms with Crippen LogP contribution in [0.2, 0.25) is 0 Å². The molecule has 0 saturated heterocycles. The van der Waals surface area contributed by atoms with E-state index in [4.69, 9.17) is 4.74 Å². The number of aromatic nitrogens is 3. The summed E-state index contributed by atoms with van der Waals surface area (Å²) in [7, 11) is 0. The van der Waals surface area contributed by atoms with Crippen LogP contribution in [0.5, 0.6) is 5.75 Å². The summed E-state index contributed by atoms with van der Waals surface area (Å²) >= 11 is 0. The standard InChI is InChI=1S/C24H27F2N3O/c1-3-4-5-6-7-8-13-30-21-12-11-20(22(25)23(21)26)19-15-28-24(29-16-19)18-10-9-17(2)27-14-18/h9-12,14-16H,3-8,13H2,1-2H3. The van der Waals surface area contributed by atoms with Gasteiger partial charge in [-0.3, -0.25) is 4.98 Å². The first-order valence-electron chi connectivity index (χ1n) is 10.5. The second-order valence-electron chi connectivity index (χ2n) is 7.34. The molecule has 0 bridgehead atoms. The Morgan fingerprint density at radius 3 is 2.17 bits per heavy atom. The molecule has 6 heteroatoms. The fourth-order valence-electron chi connectivity index (χ4n) is 3.15. The molecule has 0 radical (unpaired) electrons. The zero-order valence-electron chi connectivity index (χ0n) is 17.5. The normalized spacial score (nSPS) is 10.9. The minimum absolute atomic E-state index is 0.0620. The van der Waals surface area contributed by atoms with Crippen molar-refractivity contribution in [2.75, 3.05) is 6.61 Å². The number of ether oxygens (including phenoxy) is 1. The molecule has 0 atom stereocenters. The van der Waals surface area contributed by atoms with Gasteiger partial charge in [0, 0.05) is 41.0 Å². The summed E-state index contributed by atoms with van der Waals surface area (Å²) in [5, 5.41) is 0. The Morgan fingerprint density at radius 2 is 1.47 bits per heavy atom. The van der Waals surface area contributed by atoms with Crippen molar-refractivity contribution in [3.8, 4) is 28.3 Å². The molecule has 4 nitrogen and oxygen atoms in total. The van der Waals surface area contributed by atoms with E-state index in [0.29, 0.717) is 18.0 Å². The third-order valence-corrected chi connectivity index (χ3v) is 4.93. The Hall–Kier alpha value is -2.89. The SMILES string of the molecule is CCCCCCCCOc1ccc(-c2cnc(-c3ccc(C)nc3)nc2)c(F)c1F. The average Bonchev–Trinajstić information content (AvgIpc) is 2.77. The van der Waals surface area contributed by atoms with E-state index in [1.807, 2.05) is 19.1 Å². The van der Waals surface area contributed by atoms with Crippen molar-refractivity contribution in [3.05, 3.63) is 60.2 Å². The second-order valence-corrected chi connectivity index (χ2v) is 7.34. The number of hydrogen-bond acceptors (Lipinski definition) is 4. The molecular weight excluding hydrogens is 384 g/mol. The van der Waals surface area contributed by atoms with E-state index in [1.54, 1.807) is 6.20 Å². The molecule has 0 fully saturated rings. The van der Waals surface area contributed by atoms with E-state index in [2.05, 4.69) is 21.9 Å². The van der Waals surface area contributed by atoms with Crippen LogP contribution in [-0.2, 0) is 0 Å². The summed E-state index contributed by atoms with van der Waals surface area (Å²) in [5.74, 6) is -1.52. The number of halogens is 2. The van der Waals surface area contributed by atoms with Gasteiger partial charge < -0.3 is 4.74 Å². The molecule has 0 unspecified atom stereocenters. The molecule has 158 valence electrons. The van der Waals surface area contributed by atoms with Crippen LogP contribution in [0.1, 0.15) is 51.1 Å². The lowest BCUT2D eigenvalue weighted by Gasteiger charge is -2.10. The zero-order valence-corrected chi connectivity index (χ0v) is 17.5. The molecular formula is C24H27F2N3O. The summed E-state index contributed by atoms with van der Waals surface area (Å²) in [5.41, 5.74) is 2.16. The highest BCUT2D eigenvalue weighted by atomic mass is 19.2. The van der Waals surface area contributed by atoms with Crippen LogP contribution < -0.4 is 4.74 Å². The first-order chi connectivity index (χ1) is 14.6. The van der Waals surface area contributed by atoms with E-state index < -0.39 is 11.6 Å². The van der Waals surface area contributed by atoms with Crippen LogP contribution in [0.15, 0.2) is 42.9 Å². The van der Waals surface area contributed by atoms with E-state index in [1.165, 1.54) is 43.8 Å². The highest BCUT2D eigenvalue weighted by Crippen LogP contribution is 2.30. The second kappa shape index (κ2) is 10.8. The molecule has 30 heavy (non-hydrogen) atoms.